The second-order valence-corrected chi connectivity index (χ2v) is 7.03. The summed E-state index contributed by atoms with van der Waals surface area (Å²) in [6, 6.07) is 12.1. The summed E-state index contributed by atoms with van der Waals surface area (Å²) in [5.41, 5.74) is 3.11. The zero-order chi connectivity index (χ0) is 19.5. The van der Waals surface area contributed by atoms with Crippen molar-refractivity contribution < 1.29 is 18.7 Å². The molecule has 1 aromatic heterocycles. The van der Waals surface area contributed by atoms with Gasteiger partial charge in [-0.05, 0) is 67.3 Å². The maximum atomic E-state index is 13.6. The van der Waals surface area contributed by atoms with Crippen LogP contribution in [0, 0.1) is 11.7 Å². The van der Waals surface area contributed by atoms with Gasteiger partial charge in [0.25, 0.3) is 0 Å². The van der Waals surface area contributed by atoms with Crippen LogP contribution in [-0.4, -0.2) is 31.2 Å². The number of aromatic nitrogens is 1. The fourth-order valence-electron chi connectivity index (χ4n) is 3.77. The van der Waals surface area contributed by atoms with Gasteiger partial charge in [-0.2, -0.15) is 0 Å². The highest BCUT2D eigenvalue weighted by Crippen LogP contribution is 2.32. The monoisotopic (exact) mass is 382 g/mol. The minimum absolute atomic E-state index is 0.0229. The van der Waals surface area contributed by atoms with Crippen molar-refractivity contribution in [3.05, 3.63) is 59.5 Å². The number of ether oxygens (including phenoxy) is 2. The van der Waals surface area contributed by atoms with E-state index < -0.39 is 0 Å². The largest absolute Gasteiger partial charge is 0.497 e. The van der Waals surface area contributed by atoms with Crippen molar-refractivity contribution in [2.75, 3.05) is 20.3 Å². The first-order valence-corrected chi connectivity index (χ1v) is 9.47. The van der Waals surface area contributed by atoms with Crippen LogP contribution < -0.4 is 14.8 Å². The Morgan fingerprint density at radius 3 is 2.79 bits per heavy atom. The summed E-state index contributed by atoms with van der Waals surface area (Å²) in [6.45, 7) is 0.838. The topological polar surface area (TPSA) is 63.4 Å². The van der Waals surface area contributed by atoms with Crippen molar-refractivity contribution in [1.82, 2.24) is 10.3 Å². The van der Waals surface area contributed by atoms with Gasteiger partial charge in [-0.1, -0.05) is 0 Å². The van der Waals surface area contributed by atoms with Crippen LogP contribution in [-0.2, 0) is 17.6 Å². The van der Waals surface area contributed by atoms with E-state index in [1.165, 1.54) is 6.07 Å². The second-order valence-electron chi connectivity index (χ2n) is 7.03. The molecule has 1 unspecified atom stereocenters. The van der Waals surface area contributed by atoms with Gasteiger partial charge >= 0.3 is 0 Å². The number of fused-ring (bicyclic) bond motifs is 3. The van der Waals surface area contributed by atoms with Crippen LogP contribution >= 0.6 is 0 Å². The lowest BCUT2D eigenvalue weighted by atomic mass is 9.86. The molecule has 1 aliphatic carbocycles. The normalized spacial score (nSPS) is 15.9. The van der Waals surface area contributed by atoms with Crippen molar-refractivity contribution in [1.29, 1.82) is 0 Å². The lowest BCUT2D eigenvalue weighted by Crippen LogP contribution is -2.36. The standard InChI is InChI=1S/C22H23FN2O3/c1-27-16-4-6-17(7-5-16)28-11-10-24-22(26)14-2-8-20-18(12-14)19-13-15(23)3-9-21(19)25-20/h3-7,9,13-14,25H,2,8,10-12H2,1H3,(H,24,26). The number of nitrogens with one attached hydrogen (secondary N) is 2. The number of H-pyrrole nitrogens is 1. The molecule has 2 aromatic carbocycles. The minimum Gasteiger partial charge on any atom is -0.497 e. The average Bonchev–Trinajstić information content (AvgIpc) is 3.08. The Hall–Kier alpha value is -3.02. The van der Waals surface area contributed by atoms with E-state index in [1.54, 1.807) is 19.2 Å². The molecule has 0 aliphatic heterocycles. The quantitative estimate of drug-likeness (QED) is 0.640. The molecule has 146 valence electrons. The first-order chi connectivity index (χ1) is 13.6. The zero-order valence-corrected chi connectivity index (χ0v) is 15.8. The van der Waals surface area contributed by atoms with Crippen molar-refractivity contribution in [2.45, 2.75) is 19.3 Å². The molecular formula is C22H23FN2O3. The number of aryl methyl sites for hydroxylation is 1. The Bertz CT molecular complexity index is 981. The maximum absolute atomic E-state index is 13.6. The molecule has 0 radical (unpaired) electrons. The molecule has 0 spiro atoms. The number of carbonyl (C=O) groups is 1. The fourth-order valence-corrected chi connectivity index (χ4v) is 3.77. The number of carbonyl (C=O) groups excluding carboxylic acids is 1. The van der Waals surface area contributed by atoms with Crippen LogP contribution in [0.2, 0.25) is 0 Å². The molecule has 0 saturated carbocycles. The van der Waals surface area contributed by atoms with E-state index in [0.717, 1.165) is 46.5 Å². The van der Waals surface area contributed by atoms with Crippen LogP contribution in [0.5, 0.6) is 11.5 Å². The predicted octanol–water partition coefficient (Wildman–Crippen LogP) is 3.62. The van der Waals surface area contributed by atoms with Gasteiger partial charge < -0.3 is 19.8 Å². The summed E-state index contributed by atoms with van der Waals surface area (Å²) in [5, 5.41) is 3.84. The van der Waals surface area contributed by atoms with E-state index in [1.807, 2.05) is 24.3 Å². The van der Waals surface area contributed by atoms with E-state index in [4.69, 9.17) is 9.47 Å². The highest BCUT2D eigenvalue weighted by atomic mass is 19.1. The Morgan fingerprint density at radius 2 is 2.00 bits per heavy atom. The van der Waals surface area contributed by atoms with Gasteiger partial charge in [-0.25, -0.2) is 4.39 Å². The highest BCUT2D eigenvalue weighted by Gasteiger charge is 2.27. The van der Waals surface area contributed by atoms with Crippen molar-refractivity contribution in [3.63, 3.8) is 0 Å². The van der Waals surface area contributed by atoms with Crippen LogP contribution in [0.25, 0.3) is 10.9 Å². The highest BCUT2D eigenvalue weighted by molar-refractivity contribution is 5.87. The number of methoxy groups -OCH3 is 1. The average molecular weight is 382 g/mol. The Labute approximate surface area is 162 Å². The second kappa shape index (κ2) is 7.92. The van der Waals surface area contributed by atoms with Crippen molar-refractivity contribution >= 4 is 16.8 Å². The van der Waals surface area contributed by atoms with Gasteiger partial charge in [0.05, 0.1) is 13.7 Å². The molecule has 6 heteroatoms. The molecule has 0 saturated heterocycles. The summed E-state index contributed by atoms with van der Waals surface area (Å²) in [5.74, 6) is 1.18. The fraction of sp³-hybridized carbons (Fsp3) is 0.318. The van der Waals surface area contributed by atoms with Gasteiger partial charge in [0, 0.05) is 22.5 Å². The molecule has 3 aromatic rings. The molecule has 5 nitrogen and oxygen atoms in total. The van der Waals surface area contributed by atoms with Gasteiger partial charge in [0.2, 0.25) is 5.91 Å². The summed E-state index contributed by atoms with van der Waals surface area (Å²) < 4.78 is 24.4. The molecule has 28 heavy (non-hydrogen) atoms. The summed E-state index contributed by atoms with van der Waals surface area (Å²) >= 11 is 0. The SMILES string of the molecule is COc1ccc(OCCNC(=O)C2CCc3[nH]c4ccc(F)cc4c3C2)cc1. The van der Waals surface area contributed by atoms with Gasteiger partial charge in [0.15, 0.2) is 0 Å². The Kier molecular flexibility index (Phi) is 5.19. The number of rotatable bonds is 6. The van der Waals surface area contributed by atoms with Gasteiger partial charge in [0.1, 0.15) is 23.9 Å². The van der Waals surface area contributed by atoms with Gasteiger partial charge in [-0.15, -0.1) is 0 Å². The van der Waals surface area contributed by atoms with Crippen LogP contribution in [0.1, 0.15) is 17.7 Å². The lowest BCUT2D eigenvalue weighted by molar-refractivity contribution is -0.125. The first kappa shape index (κ1) is 18.3. The van der Waals surface area contributed by atoms with E-state index >= 15 is 0 Å². The van der Waals surface area contributed by atoms with E-state index in [0.29, 0.717) is 19.6 Å². The summed E-state index contributed by atoms with van der Waals surface area (Å²) in [6.07, 6.45) is 2.21. The number of benzene rings is 2. The predicted molar refractivity (Wildman–Crippen MR) is 105 cm³/mol. The zero-order valence-electron chi connectivity index (χ0n) is 15.8. The van der Waals surface area contributed by atoms with E-state index in [-0.39, 0.29) is 17.6 Å². The number of hydrogen-bond acceptors (Lipinski definition) is 3. The van der Waals surface area contributed by atoms with Crippen molar-refractivity contribution in [2.24, 2.45) is 5.92 Å². The Morgan fingerprint density at radius 1 is 1.21 bits per heavy atom. The van der Waals surface area contributed by atoms with Crippen LogP contribution in [0.3, 0.4) is 0 Å². The summed E-state index contributed by atoms with van der Waals surface area (Å²) in [4.78, 5) is 15.9. The Balaban J connectivity index is 1.31. The molecule has 4 rings (SSSR count). The third-order valence-electron chi connectivity index (χ3n) is 5.25. The van der Waals surface area contributed by atoms with Crippen LogP contribution in [0.4, 0.5) is 4.39 Å². The van der Waals surface area contributed by atoms with Crippen molar-refractivity contribution in [3.8, 4) is 11.5 Å². The molecular weight excluding hydrogens is 359 g/mol. The molecule has 1 aliphatic rings. The number of hydrogen-bond donors (Lipinski definition) is 2. The molecule has 0 bridgehead atoms. The number of aromatic amines is 1. The number of halogens is 1. The lowest BCUT2D eigenvalue weighted by Gasteiger charge is -2.22. The number of amides is 1. The molecule has 2 N–H and O–H groups in total. The molecule has 1 heterocycles. The van der Waals surface area contributed by atoms with Gasteiger partial charge in [-0.3, -0.25) is 4.79 Å². The van der Waals surface area contributed by atoms with E-state index in [2.05, 4.69) is 10.3 Å². The third kappa shape index (κ3) is 3.81. The molecule has 1 atom stereocenters. The minimum atomic E-state index is -0.253. The van der Waals surface area contributed by atoms with E-state index in [9.17, 15) is 9.18 Å². The smallest absolute Gasteiger partial charge is 0.223 e. The first-order valence-electron chi connectivity index (χ1n) is 9.47. The maximum Gasteiger partial charge on any atom is 0.223 e. The molecule has 1 amide bonds. The van der Waals surface area contributed by atoms with Crippen LogP contribution in [0.15, 0.2) is 42.5 Å². The summed E-state index contributed by atoms with van der Waals surface area (Å²) in [7, 11) is 1.62. The molecule has 0 fully saturated rings. The third-order valence-corrected chi connectivity index (χ3v) is 5.25.